The Kier molecular flexibility index (Phi) is 6.26. The standard InChI is InChI=1S/C13H27NO/c1-3-13(15)11-14(2)12-9-7-5-4-6-8-10-12/h12-13,15H,3-11H2,1-2H3. The minimum Gasteiger partial charge on any atom is -0.392 e. The average Bonchev–Trinajstić information content (AvgIpc) is 2.16. The lowest BCUT2D eigenvalue weighted by Crippen LogP contribution is -2.37. The van der Waals surface area contributed by atoms with Gasteiger partial charge in [-0.05, 0) is 26.3 Å². The Balaban J connectivity index is 2.31. The molecular formula is C13H27NO. The van der Waals surface area contributed by atoms with Crippen LogP contribution in [-0.2, 0) is 0 Å². The van der Waals surface area contributed by atoms with Gasteiger partial charge in [0.2, 0.25) is 0 Å². The van der Waals surface area contributed by atoms with E-state index in [0.29, 0.717) is 6.04 Å². The molecule has 0 bridgehead atoms. The highest BCUT2D eigenvalue weighted by atomic mass is 16.3. The van der Waals surface area contributed by atoms with Crippen molar-refractivity contribution in [2.45, 2.75) is 70.4 Å². The van der Waals surface area contributed by atoms with Crippen LogP contribution in [0.5, 0.6) is 0 Å². The summed E-state index contributed by atoms with van der Waals surface area (Å²) in [5, 5.41) is 9.64. The van der Waals surface area contributed by atoms with Gasteiger partial charge in [-0.2, -0.15) is 0 Å². The van der Waals surface area contributed by atoms with E-state index in [1.165, 1.54) is 44.9 Å². The molecule has 1 aliphatic carbocycles. The zero-order valence-corrected chi connectivity index (χ0v) is 10.4. The van der Waals surface area contributed by atoms with Crippen molar-refractivity contribution in [3.8, 4) is 0 Å². The highest BCUT2D eigenvalue weighted by molar-refractivity contribution is 4.73. The second-order valence-electron chi connectivity index (χ2n) is 5.00. The van der Waals surface area contributed by atoms with Gasteiger partial charge in [0.1, 0.15) is 0 Å². The number of nitrogens with zero attached hydrogens (tertiary/aromatic N) is 1. The summed E-state index contributed by atoms with van der Waals surface area (Å²) in [6.45, 7) is 2.90. The predicted octanol–water partition coefficient (Wildman–Crippen LogP) is 2.80. The third-order valence-corrected chi connectivity index (χ3v) is 3.67. The van der Waals surface area contributed by atoms with E-state index >= 15 is 0 Å². The van der Waals surface area contributed by atoms with E-state index in [0.717, 1.165) is 13.0 Å². The van der Waals surface area contributed by atoms with Crippen molar-refractivity contribution >= 4 is 0 Å². The molecule has 1 fully saturated rings. The molecule has 0 radical (unpaired) electrons. The summed E-state index contributed by atoms with van der Waals surface area (Å²) >= 11 is 0. The van der Waals surface area contributed by atoms with E-state index in [-0.39, 0.29) is 6.10 Å². The van der Waals surface area contributed by atoms with Crippen LogP contribution in [-0.4, -0.2) is 35.7 Å². The Morgan fingerprint density at radius 1 is 1.13 bits per heavy atom. The molecule has 0 aromatic carbocycles. The van der Waals surface area contributed by atoms with Crippen LogP contribution < -0.4 is 0 Å². The number of aliphatic hydroxyl groups excluding tert-OH is 1. The van der Waals surface area contributed by atoms with Gasteiger partial charge in [-0.15, -0.1) is 0 Å². The number of rotatable bonds is 4. The maximum atomic E-state index is 9.64. The SMILES string of the molecule is CCC(O)CN(C)C1CCCCCCC1. The lowest BCUT2D eigenvalue weighted by Gasteiger charge is -2.31. The van der Waals surface area contributed by atoms with Gasteiger partial charge in [-0.25, -0.2) is 0 Å². The molecule has 1 N–H and O–H groups in total. The van der Waals surface area contributed by atoms with Crippen molar-refractivity contribution in [3.05, 3.63) is 0 Å². The fourth-order valence-electron chi connectivity index (χ4n) is 2.49. The minimum absolute atomic E-state index is 0.138. The second-order valence-corrected chi connectivity index (χ2v) is 5.00. The van der Waals surface area contributed by atoms with Gasteiger partial charge in [0.15, 0.2) is 0 Å². The largest absolute Gasteiger partial charge is 0.392 e. The molecule has 2 nitrogen and oxygen atoms in total. The maximum absolute atomic E-state index is 9.64. The van der Waals surface area contributed by atoms with Crippen LogP contribution in [0.4, 0.5) is 0 Å². The van der Waals surface area contributed by atoms with Crippen LogP contribution in [0.15, 0.2) is 0 Å². The molecule has 2 heteroatoms. The van der Waals surface area contributed by atoms with Crippen molar-refractivity contribution < 1.29 is 5.11 Å². The van der Waals surface area contributed by atoms with Crippen molar-refractivity contribution in [3.63, 3.8) is 0 Å². The van der Waals surface area contributed by atoms with Gasteiger partial charge in [0.25, 0.3) is 0 Å². The van der Waals surface area contributed by atoms with E-state index in [9.17, 15) is 5.11 Å². The zero-order valence-electron chi connectivity index (χ0n) is 10.4. The maximum Gasteiger partial charge on any atom is 0.0664 e. The summed E-state index contributed by atoms with van der Waals surface area (Å²) in [4.78, 5) is 2.37. The Bertz CT molecular complexity index is 153. The van der Waals surface area contributed by atoms with E-state index < -0.39 is 0 Å². The van der Waals surface area contributed by atoms with Gasteiger partial charge in [0, 0.05) is 12.6 Å². The monoisotopic (exact) mass is 213 g/mol. The summed E-state index contributed by atoms with van der Waals surface area (Å²) in [6, 6.07) is 0.714. The molecule has 15 heavy (non-hydrogen) atoms. The van der Waals surface area contributed by atoms with E-state index in [1.54, 1.807) is 0 Å². The first-order valence-electron chi connectivity index (χ1n) is 6.62. The lowest BCUT2D eigenvalue weighted by atomic mass is 9.95. The first-order valence-corrected chi connectivity index (χ1v) is 6.62. The number of hydrogen-bond acceptors (Lipinski definition) is 2. The van der Waals surface area contributed by atoms with Crippen LogP contribution in [0.3, 0.4) is 0 Å². The molecule has 0 aromatic rings. The smallest absolute Gasteiger partial charge is 0.0664 e. The van der Waals surface area contributed by atoms with Crippen molar-refractivity contribution in [2.75, 3.05) is 13.6 Å². The van der Waals surface area contributed by atoms with Crippen molar-refractivity contribution in [2.24, 2.45) is 0 Å². The summed E-state index contributed by atoms with van der Waals surface area (Å²) in [5.74, 6) is 0. The summed E-state index contributed by atoms with van der Waals surface area (Å²) < 4.78 is 0. The molecule has 1 unspecified atom stereocenters. The molecule has 0 heterocycles. The molecule has 0 amide bonds. The van der Waals surface area contributed by atoms with E-state index in [2.05, 4.69) is 18.9 Å². The molecule has 1 aliphatic rings. The molecule has 0 aromatic heterocycles. The summed E-state index contributed by atoms with van der Waals surface area (Å²) in [6.07, 6.45) is 10.4. The fraction of sp³-hybridized carbons (Fsp3) is 1.00. The highest BCUT2D eigenvalue weighted by Crippen LogP contribution is 2.20. The lowest BCUT2D eigenvalue weighted by molar-refractivity contribution is 0.0923. The van der Waals surface area contributed by atoms with E-state index in [4.69, 9.17) is 0 Å². The van der Waals surface area contributed by atoms with Gasteiger partial charge >= 0.3 is 0 Å². The van der Waals surface area contributed by atoms with Crippen LogP contribution in [0.2, 0.25) is 0 Å². The number of aliphatic hydroxyl groups is 1. The first-order chi connectivity index (χ1) is 7.24. The van der Waals surface area contributed by atoms with Crippen LogP contribution in [0.1, 0.15) is 58.3 Å². The Labute approximate surface area is 94.7 Å². The topological polar surface area (TPSA) is 23.5 Å². The van der Waals surface area contributed by atoms with Crippen molar-refractivity contribution in [1.82, 2.24) is 4.90 Å². The molecule has 0 aliphatic heterocycles. The molecule has 90 valence electrons. The zero-order chi connectivity index (χ0) is 11.1. The minimum atomic E-state index is -0.138. The van der Waals surface area contributed by atoms with Gasteiger partial charge in [0.05, 0.1) is 6.10 Å². The highest BCUT2D eigenvalue weighted by Gasteiger charge is 2.17. The molecule has 1 saturated carbocycles. The quantitative estimate of drug-likeness (QED) is 0.776. The van der Waals surface area contributed by atoms with Crippen LogP contribution >= 0.6 is 0 Å². The Hall–Kier alpha value is -0.0800. The third kappa shape index (κ3) is 4.98. The van der Waals surface area contributed by atoms with Crippen LogP contribution in [0, 0.1) is 0 Å². The molecule has 0 spiro atoms. The summed E-state index contributed by atoms with van der Waals surface area (Å²) in [7, 11) is 2.17. The van der Waals surface area contributed by atoms with Crippen molar-refractivity contribution in [1.29, 1.82) is 0 Å². The Morgan fingerprint density at radius 3 is 2.20 bits per heavy atom. The van der Waals surface area contributed by atoms with Gasteiger partial charge < -0.3 is 10.0 Å². The van der Waals surface area contributed by atoms with Gasteiger partial charge in [-0.3, -0.25) is 0 Å². The molecule has 1 atom stereocenters. The second kappa shape index (κ2) is 7.24. The first kappa shape index (κ1) is 13.0. The number of likely N-dealkylation sites (N-methyl/N-ethyl adjacent to an activating group) is 1. The average molecular weight is 213 g/mol. The molecular weight excluding hydrogens is 186 g/mol. The van der Waals surface area contributed by atoms with Crippen LogP contribution in [0.25, 0.3) is 0 Å². The van der Waals surface area contributed by atoms with E-state index in [1.807, 2.05) is 0 Å². The molecule has 0 saturated heterocycles. The third-order valence-electron chi connectivity index (χ3n) is 3.67. The number of hydrogen-bond donors (Lipinski definition) is 1. The molecule has 1 rings (SSSR count). The predicted molar refractivity (Wildman–Crippen MR) is 65.0 cm³/mol. The summed E-state index contributed by atoms with van der Waals surface area (Å²) in [5.41, 5.74) is 0. The Morgan fingerprint density at radius 2 is 1.67 bits per heavy atom. The normalized spacial score (nSPS) is 22.4. The fourth-order valence-corrected chi connectivity index (χ4v) is 2.49. The van der Waals surface area contributed by atoms with Gasteiger partial charge in [-0.1, -0.05) is 39.0 Å².